The molecule has 0 bridgehead atoms. The number of thiophene rings is 1. The molecule has 0 aromatic carbocycles. The molecular weight excluding hydrogens is 374 g/mol. The molecule has 0 spiro atoms. The van der Waals surface area contributed by atoms with Gasteiger partial charge in [0.2, 0.25) is 0 Å². The Bertz CT molecular complexity index is 811. The lowest BCUT2D eigenvalue weighted by Gasteiger charge is -2.36. The van der Waals surface area contributed by atoms with E-state index >= 15 is 0 Å². The van der Waals surface area contributed by atoms with E-state index < -0.39 is 0 Å². The zero-order valence-electron chi connectivity index (χ0n) is 17.1. The molecule has 0 unspecified atom stereocenters. The van der Waals surface area contributed by atoms with Crippen LogP contribution in [-0.2, 0) is 11.3 Å². The van der Waals surface area contributed by atoms with Crippen LogP contribution >= 0.6 is 11.3 Å². The molecule has 4 heterocycles. The number of ether oxygens (including phenoxy) is 1. The van der Waals surface area contributed by atoms with Gasteiger partial charge in [0.25, 0.3) is 0 Å². The summed E-state index contributed by atoms with van der Waals surface area (Å²) < 4.78 is 5.47. The van der Waals surface area contributed by atoms with Gasteiger partial charge in [0.05, 0.1) is 31.2 Å². The lowest BCUT2D eigenvalue weighted by Crippen LogP contribution is -2.48. The highest BCUT2D eigenvalue weighted by molar-refractivity contribution is 7.18. The average Bonchev–Trinajstić information content (AvgIpc) is 2.96. The SMILES string of the molecule is Cc1sc2nc(CN3CCOCC3)nc(N3CCN(C[C@@H](C)O)CC3)c2c1C. The number of aryl methyl sites for hydroxylation is 2. The quantitative estimate of drug-likeness (QED) is 0.811. The molecule has 1 atom stereocenters. The standard InChI is InChI=1S/C20H31N5O2S/c1-14(26)12-23-4-6-25(7-5-23)19-18-15(2)16(3)28-20(18)22-17(21-19)13-24-8-10-27-11-9-24/h14,26H,4-13H2,1-3H3/t14-/m1/s1. The van der Waals surface area contributed by atoms with Gasteiger partial charge in [-0.1, -0.05) is 0 Å². The van der Waals surface area contributed by atoms with Crippen LogP contribution in [0.1, 0.15) is 23.2 Å². The summed E-state index contributed by atoms with van der Waals surface area (Å²) in [5, 5.41) is 10.9. The second-order valence-corrected chi connectivity index (χ2v) is 9.16. The van der Waals surface area contributed by atoms with Crippen molar-refractivity contribution in [3.63, 3.8) is 0 Å². The van der Waals surface area contributed by atoms with Crippen LogP contribution < -0.4 is 4.90 Å². The fourth-order valence-corrected chi connectivity index (χ4v) is 5.09. The van der Waals surface area contributed by atoms with Crippen molar-refractivity contribution < 1.29 is 9.84 Å². The molecule has 2 fully saturated rings. The minimum absolute atomic E-state index is 0.279. The van der Waals surface area contributed by atoms with Crippen LogP contribution in [0.3, 0.4) is 0 Å². The van der Waals surface area contributed by atoms with Gasteiger partial charge in [0.1, 0.15) is 16.5 Å². The minimum atomic E-state index is -0.279. The van der Waals surface area contributed by atoms with Gasteiger partial charge in [0.15, 0.2) is 0 Å². The molecule has 0 aliphatic carbocycles. The van der Waals surface area contributed by atoms with Crippen LogP contribution in [0.2, 0.25) is 0 Å². The molecule has 2 aliphatic heterocycles. The highest BCUT2D eigenvalue weighted by atomic mass is 32.1. The molecule has 0 saturated carbocycles. The zero-order chi connectivity index (χ0) is 19.7. The van der Waals surface area contributed by atoms with Gasteiger partial charge < -0.3 is 14.7 Å². The predicted octanol–water partition coefficient (Wildman–Crippen LogP) is 1.64. The van der Waals surface area contributed by atoms with Gasteiger partial charge in [-0.05, 0) is 26.3 Å². The molecule has 2 aromatic heterocycles. The third-order valence-electron chi connectivity index (χ3n) is 5.72. The summed E-state index contributed by atoms with van der Waals surface area (Å²) in [6, 6.07) is 0. The third kappa shape index (κ3) is 4.31. The van der Waals surface area contributed by atoms with Gasteiger partial charge in [-0.15, -0.1) is 11.3 Å². The van der Waals surface area contributed by atoms with E-state index in [0.29, 0.717) is 0 Å². The summed E-state index contributed by atoms with van der Waals surface area (Å²) in [6.07, 6.45) is -0.279. The Hall–Kier alpha value is -1.32. The van der Waals surface area contributed by atoms with Crippen molar-refractivity contribution in [1.29, 1.82) is 0 Å². The Morgan fingerprint density at radius 1 is 1.04 bits per heavy atom. The number of fused-ring (bicyclic) bond motifs is 1. The lowest BCUT2D eigenvalue weighted by molar-refractivity contribution is 0.0331. The molecular formula is C20H31N5O2S. The lowest BCUT2D eigenvalue weighted by atomic mass is 10.2. The van der Waals surface area contributed by atoms with E-state index in [2.05, 4.69) is 28.5 Å². The van der Waals surface area contributed by atoms with Crippen molar-refractivity contribution in [2.75, 3.05) is 63.9 Å². The van der Waals surface area contributed by atoms with E-state index in [9.17, 15) is 5.11 Å². The number of anilines is 1. The number of rotatable bonds is 5. The maximum absolute atomic E-state index is 9.67. The van der Waals surface area contributed by atoms with Gasteiger partial charge in [-0.25, -0.2) is 9.97 Å². The molecule has 8 heteroatoms. The number of piperazine rings is 1. The summed E-state index contributed by atoms with van der Waals surface area (Å²) in [6.45, 7) is 15.0. The molecule has 2 aromatic rings. The van der Waals surface area contributed by atoms with Crippen LogP contribution in [0.25, 0.3) is 10.2 Å². The van der Waals surface area contributed by atoms with Crippen molar-refractivity contribution in [2.24, 2.45) is 0 Å². The Labute approximate surface area is 170 Å². The second-order valence-electron chi connectivity index (χ2n) is 7.95. The van der Waals surface area contributed by atoms with Crippen LogP contribution in [-0.4, -0.2) is 90.0 Å². The number of hydrogen-bond acceptors (Lipinski definition) is 8. The molecule has 4 rings (SSSR count). The second kappa shape index (κ2) is 8.59. The highest BCUT2D eigenvalue weighted by Crippen LogP contribution is 2.35. The number of aliphatic hydroxyl groups excluding tert-OH is 1. The Kier molecular flexibility index (Phi) is 6.13. The summed E-state index contributed by atoms with van der Waals surface area (Å²) >= 11 is 1.78. The normalized spacial score (nSPS) is 20.8. The van der Waals surface area contributed by atoms with Crippen molar-refractivity contribution in [3.8, 4) is 0 Å². The van der Waals surface area contributed by atoms with E-state index in [1.54, 1.807) is 11.3 Å². The molecule has 2 aliphatic rings. The predicted molar refractivity (Wildman–Crippen MR) is 113 cm³/mol. The van der Waals surface area contributed by atoms with Crippen LogP contribution in [0, 0.1) is 13.8 Å². The van der Waals surface area contributed by atoms with Gasteiger partial charge in [-0.3, -0.25) is 9.80 Å². The number of aliphatic hydroxyl groups is 1. The maximum Gasteiger partial charge on any atom is 0.146 e. The Morgan fingerprint density at radius 2 is 1.75 bits per heavy atom. The minimum Gasteiger partial charge on any atom is -0.392 e. The van der Waals surface area contributed by atoms with Crippen LogP contribution in [0.5, 0.6) is 0 Å². The highest BCUT2D eigenvalue weighted by Gasteiger charge is 2.24. The summed E-state index contributed by atoms with van der Waals surface area (Å²) in [5.74, 6) is 2.00. The number of nitrogens with zero attached hydrogens (tertiary/aromatic N) is 5. The fraction of sp³-hybridized carbons (Fsp3) is 0.700. The molecule has 0 amide bonds. The summed E-state index contributed by atoms with van der Waals surface area (Å²) in [4.78, 5) is 19.5. The van der Waals surface area contributed by atoms with Crippen molar-refractivity contribution in [2.45, 2.75) is 33.4 Å². The van der Waals surface area contributed by atoms with Gasteiger partial charge in [0, 0.05) is 50.7 Å². The molecule has 0 radical (unpaired) electrons. The first-order chi connectivity index (χ1) is 13.5. The van der Waals surface area contributed by atoms with Crippen LogP contribution in [0.4, 0.5) is 5.82 Å². The topological polar surface area (TPSA) is 65.0 Å². The van der Waals surface area contributed by atoms with Gasteiger partial charge >= 0.3 is 0 Å². The smallest absolute Gasteiger partial charge is 0.146 e. The van der Waals surface area contributed by atoms with E-state index in [-0.39, 0.29) is 6.10 Å². The summed E-state index contributed by atoms with van der Waals surface area (Å²) in [7, 11) is 0. The molecule has 154 valence electrons. The van der Waals surface area contributed by atoms with Crippen molar-refractivity contribution in [3.05, 3.63) is 16.3 Å². The fourth-order valence-electron chi connectivity index (χ4n) is 4.05. The Morgan fingerprint density at radius 3 is 2.43 bits per heavy atom. The van der Waals surface area contributed by atoms with E-state index in [4.69, 9.17) is 14.7 Å². The van der Waals surface area contributed by atoms with Crippen LogP contribution in [0.15, 0.2) is 0 Å². The summed E-state index contributed by atoms with van der Waals surface area (Å²) in [5.41, 5.74) is 1.30. The number of morpholine rings is 1. The molecule has 1 N–H and O–H groups in total. The number of aromatic nitrogens is 2. The first-order valence-electron chi connectivity index (χ1n) is 10.2. The van der Waals surface area contributed by atoms with Crippen molar-refractivity contribution in [1.82, 2.24) is 19.8 Å². The average molecular weight is 406 g/mol. The molecule has 7 nitrogen and oxygen atoms in total. The first-order valence-corrected chi connectivity index (χ1v) is 11.0. The number of hydrogen-bond donors (Lipinski definition) is 1. The maximum atomic E-state index is 9.67. The van der Waals surface area contributed by atoms with Gasteiger partial charge in [-0.2, -0.15) is 0 Å². The van der Waals surface area contributed by atoms with E-state index in [1.807, 2.05) is 6.92 Å². The third-order valence-corrected chi connectivity index (χ3v) is 6.82. The van der Waals surface area contributed by atoms with E-state index in [1.165, 1.54) is 15.8 Å². The monoisotopic (exact) mass is 405 g/mol. The zero-order valence-corrected chi connectivity index (χ0v) is 18.0. The first kappa shape index (κ1) is 20.0. The number of β-amino-alcohol motifs (C(OH)–C–C–N with tert-alkyl or cyclic N) is 1. The van der Waals surface area contributed by atoms with E-state index in [0.717, 1.165) is 82.0 Å². The Balaban J connectivity index is 1.60. The molecule has 28 heavy (non-hydrogen) atoms. The largest absolute Gasteiger partial charge is 0.392 e. The molecule has 2 saturated heterocycles. The van der Waals surface area contributed by atoms with Crippen molar-refractivity contribution >= 4 is 27.4 Å².